The maximum Gasteiger partial charge on any atom is 0.377 e. The molecule has 22 heteroatoms. The van der Waals surface area contributed by atoms with Gasteiger partial charge < -0.3 is 40.3 Å². The number of thiazole rings is 1. The number of carbonyl (C=O) groups excluding carboxylic acids is 3. The van der Waals surface area contributed by atoms with Crippen molar-refractivity contribution < 1.29 is 56.5 Å². The summed E-state index contributed by atoms with van der Waals surface area (Å²) in [5, 5.41) is 29.2. The van der Waals surface area contributed by atoms with Gasteiger partial charge in [-0.3, -0.25) is 18.9 Å². The lowest BCUT2D eigenvalue weighted by molar-refractivity contribution is -0.161. The third-order valence-electron chi connectivity index (χ3n) is 5.82. The lowest BCUT2D eigenvalue weighted by atomic mass is 9.97. The maximum absolute atomic E-state index is 13.4. The first-order valence-electron chi connectivity index (χ1n) is 11.8. The minimum Gasteiger partial charge on any atom is -0.503 e. The zero-order chi connectivity index (χ0) is 32.6. The molecule has 2 amide bonds. The molecule has 3 aromatic rings. The van der Waals surface area contributed by atoms with Crippen LogP contribution >= 0.6 is 11.3 Å². The van der Waals surface area contributed by atoms with Gasteiger partial charge in [-0.2, -0.15) is 12.7 Å². The molecular formula is C22H21N7O13S2. The number of rotatable bonds is 11. The van der Waals surface area contributed by atoms with Crippen LogP contribution in [0.2, 0.25) is 0 Å². The molecule has 0 unspecified atom stereocenters. The molecule has 234 valence electrons. The van der Waals surface area contributed by atoms with Gasteiger partial charge in [0.1, 0.15) is 18.0 Å². The number of aliphatic carboxylic acids is 1. The van der Waals surface area contributed by atoms with Crippen molar-refractivity contribution in [2.24, 2.45) is 5.16 Å². The van der Waals surface area contributed by atoms with Crippen LogP contribution in [0, 0.1) is 0 Å². The van der Waals surface area contributed by atoms with Crippen LogP contribution < -0.4 is 16.5 Å². The number of esters is 1. The Hall–Kier alpha value is -5.35. The van der Waals surface area contributed by atoms with E-state index in [4.69, 9.17) is 19.8 Å². The van der Waals surface area contributed by atoms with E-state index in [0.29, 0.717) is 0 Å². The van der Waals surface area contributed by atoms with Gasteiger partial charge in [0.15, 0.2) is 22.3 Å². The lowest BCUT2D eigenvalue weighted by Gasteiger charge is -2.48. The largest absolute Gasteiger partial charge is 0.503 e. The molecule has 1 saturated heterocycles. The van der Waals surface area contributed by atoms with Crippen molar-refractivity contribution in [2.45, 2.75) is 31.5 Å². The fourth-order valence-corrected chi connectivity index (χ4v) is 5.04. The first-order valence-corrected chi connectivity index (χ1v) is 14.1. The van der Waals surface area contributed by atoms with E-state index in [1.165, 1.54) is 5.38 Å². The molecule has 0 bridgehead atoms. The molecule has 20 nitrogen and oxygen atoms in total. The molecule has 4 rings (SSSR count). The molecule has 1 aliphatic rings. The predicted molar refractivity (Wildman–Crippen MR) is 144 cm³/mol. The number of aromatic amines is 1. The Labute approximate surface area is 248 Å². The average molecular weight is 656 g/mol. The summed E-state index contributed by atoms with van der Waals surface area (Å²) in [4.78, 5) is 72.9. The Bertz CT molecular complexity index is 1860. The van der Waals surface area contributed by atoms with Crippen molar-refractivity contribution in [2.75, 3.05) is 12.3 Å². The highest BCUT2D eigenvalue weighted by Crippen LogP contribution is 2.33. The number of anilines is 1. The number of hydrogen-bond donors (Lipinski definition) is 6. The van der Waals surface area contributed by atoms with Crippen LogP contribution in [0.4, 0.5) is 5.13 Å². The van der Waals surface area contributed by atoms with Gasteiger partial charge >= 0.3 is 22.2 Å². The highest BCUT2D eigenvalue weighted by Gasteiger charge is 2.59. The van der Waals surface area contributed by atoms with Gasteiger partial charge in [-0.25, -0.2) is 14.6 Å². The van der Waals surface area contributed by atoms with E-state index in [0.717, 1.165) is 43.5 Å². The van der Waals surface area contributed by atoms with E-state index in [1.807, 2.05) is 0 Å². The minimum absolute atomic E-state index is 0.0390. The molecular weight excluding hydrogens is 634 g/mol. The van der Waals surface area contributed by atoms with Crippen molar-refractivity contribution in [3.63, 3.8) is 0 Å². The van der Waals surface area contributed by atoms with Crippen molar-refractivity contribution in [3.8, 4) is 17.1 Å². The minimum atomic E-state index is -5.35. The van der Waals surface area contributed by atoms with Gasteiger partial charge in [0.25, 0.3) is 5.91 Å². The van der Waals surface area contributed by atoms with E-state index in [2.05, 4.69) is 25.6 Å². The van der Waals surface area contributed by atoms with Crippen LogP contribution in [0.1, 0.15) is 36.5 Å². The zero-order valence-electron chi connectivity index (χ0n) is 22.3. The summed E-state index contributed by atoms with van der Waals surface area (Å²) in [5.74, 6) is -6.37. The molecule has 3 aromatic heterocycles. The number of ether oxygens (including phenoxy) is 1. The number of aromatic nitrogens is 3. The van der Waals surface area contributed by atoms with E-state index in [1.54, 1.807) is 0 Å². The number of nitrogens with zero attached hydrogens (tertiary/aromatic N) is 4. The van der Waals surface area contributed by atoms with Crippen molar-refractivity contribution in [1.29, 1.82) is 0 Å². The van der Waals surface area contributed by atoms with Gasteiger partial charge in [0.2, 0.25) is 22.7 Å². The number of H-pyrrole nitrogens is 1. The second-order valence-electron chi connectivity index (χ2n) is 9.46. The summed E-state index contributed by atoms with van der Waals surface area (Å²) in [7, 11) is -5.35. The number of oxime groups is 1. The first-order chi connectivity index (χ1) is 20.4. The topological polar surface area (TPSA) is 307 Å². The number of carboxylic acids is 1. The van der Waals surface area contributed by atoms with E-state index in [9.17, 15) is 47.2 Å². The summed E-state index contributed by atoms with van der Waals surface area (Å²) in [5.41, 5.74) is -0.466. The molecule has 4 heterocycles. The SMILES string of the molecule is CC(C)(O/N=C(\C(=O)N[C@@]1(COC(=O)c2cc(-c3cc(=O)c(O)c[nH]3)no2)CC(=O)N1S(=O)(=O)O)c1csc(N)n1)C(=O)O. The Morgan fingerprint density at radius 3 is 2.59 bits per heavy atom. The normalized spacial score (nSPS) is 17.1. The highest BCUT2D eigenvalue weighted by molar-refractivity contribution is 7.84. The second kappa shape index (κ2) is 11.4. The fraction of sp³-hybridized carbons (Fsp3) is 0.273. The summed E-state index contributed by atoms with van der Waals surface area (Å²) < 4.78 is 43.7. The second-order valence-corrected chi connectivity index (χ2v) is 11.6. The predicted octanol–water partition coefficient (Wildman–Crippen LogP) is -0.937. The summed E-state index contributed by atoms with van der Waals surface area (Å²) >= 11 is 0.862. The van der Waals surface area contributed by atoms with Crippen LogP contribution in [-0.4, -0.2) is 89.9 Å². The van der Waals surface area contributed by atoms with Crippen LogP contribution in [0.25, 0.3) is 11.4 Å². The third kappa shape index (κ3) is 6.35. The zero-order valence-corrected chi connectivity index (χ0v) is 24.0. The number of pyridine rings is 1. The highest BCUT2D eigenvalue weighted by atomic mass is 32.2. The van der Waals surface area contributed by atoms with E-state index >= 15 is 0 Å². The number of amides is 2. The van der Waals surface area contributed by atoms with Gasteiger partial charge in [-0.1, -0.05) is 10.3 Å². The molecule has 1 atom stereocenters. The monoisotopic (exact) mass is 655 g/mol. The number of hydrogen-bond acceptors (Lipinski definition) is 16. The smallest absolute Gasteiger partial charge is 0.377 e. The van der Waals surface area contributed by atoms with Crippen LogP contribution in [0.3, 0.4) is 0 Å². The number of carbonyl (C=O) groups is 4. The van der Waals surface area contributed by atoms with Gasteiger partial charge in [-0.15, -0.1) is 11.3 Å². The fourth-order valence-electron chi connectivity index (χ4n) is 3.57. The van der Waals surface area contributed by atoms with Crippen molar-refractivity contribution >= 4 is 56.2 Å². The van der Waals surface area contributed by atoms with Crippen molar-refractivity contribution in [1.82, 2.24) is 24.7 Å². The molecule has 0 spiro atoms. The molecule has 0 aliphatic carbocycles. The first kappa shape index (κ1) is 31.6. The molecule has 44 heavy (non-hydrogen) atoms. The molecule has 0 radical (unpaired) electrons. The standard InChI is InChI=1S/C22H21N7O13S2/c1-21(2,19(35)36)42-28-16(11-7-43-20(23)25-11)17(33)26-22(5-15(32)29(22)44(37,38)39)8-40-18(34)14-4-10(27-41-14)9-3-12(30)13(31)6-24-9/h3-4,6-7,31H,5,8H2,1-2H3,(H2,23,25)(H,24,30)(H,26,33)(H,35,36)(H,37,38,39)/b28-16-/t22-/m0/s1. The Morgan fingerprint density at radius 2 is 2.02 bits per heavy atom. The van der Waals surface area contributed by atoms with Gasteiger partial charge in [0, 0.05) is 23.7 Å². The summed E-state index contributed by atoms with van der Waals surface area (Å²) in [6, 6.07) is 1.99. The van der Waals surface area contributed by atoms with Gasteiger partial charge in [0.05, 0.1) is 12.1 Å². The average Bonchev–Trinajstić information content (AvgIpc) is 3.57. The molecule has 7 N–H and O–H groups in total. The quantitative estimate of drug-likeness (QED) is 0.0477. The number of nitrogen functional groups attached to an aromatic ring is 1. The van der Waals surface area contributed by atoms with Crippen LogP contribution in [0.15, 0.2) is 38.2 Å². The molecule has 1 aliphatic heterocycles. The Morgan fingerprint density at radius 1 is 1.32 bits per heavy atom. The van der Waals surface area contributed by atoms with Crippen LogP contribution in [0.5, 0.6) is 5.75 Å². The summed E-state index contributed by atoms with van der Waals surface area (Å²) in [6.45, 7) is 1.15. The summed E-state index contributed by atoms with van der Waals surface area (Å²) in [6.07, 6.45) is 0.162. The number of aromatic hydroxyl groups is 1. The van der Waals surface area contributed by atoms with Gasteiger partial charge in [-0.05, 0) is 13.8 Å². The number of nitrogens with two attached hydrogens (primary N) is 1. The maximum atomic E-state index is 13.4. The Balaban J connectivity index is 1.62. The number of β-lactam (4-membered cyclic amide) rings is 1. The van der Waals surface area contributed by atoms with Crippen molar-refractivity contribution in [3.05, 3.63) is 45.4 Å². The number of nitrogens with one attached hydrogen (secondary N) is 2. The number of carboxylic acid groups (broad SMARTS) is 1. The molecule has 1 fully saturated rings. The molecule has 0 aromatic carbocycles. The Kier molecular flexibility index (Phi) is 8.17. The lowest BCUT2D eigenvalue weighted by Crippen LogP contribution is -2.75. The van der Waals surface area contributed by atoms with E-state index in [-0.39, 0.29) is 26.5 Å². The molecule has 0 saturated carbocycles. The van der Waals surface area contributed by atoms with Crippen LogP contribution in [-0.2, 0) is 34.3 Å². The third-order valence-corrected chi connectivity index (χ3v) is 7.51. The van der Waals surface area contributed by atoms with E-state index < -0.39 is 81.0 Å².